The van der Waals surface area contributed by atoms with Crippen molar-refractivity contribution in [2.24, 2.45) is 0 Å². The number of rotatable bonds is 1. The molecule has 0 aliphatic rings. The van der Waals surface area contributed by atoms with Crippen molar-refractivity contribution in [2.75, 3.05) is 5.73 Å². The zero-order chi connectivity index (χ0) is 15.2. The molecule has 0 saturated heterocycles. The van der Waals surface area contributed by atoms with Crippen molar-refractivity contribution in [1.82, 2.24) is 4.98 Å². The van der Waals surface area contributed by atoms with Crippen LogP contribution in [0.2, 0.25) is 5.02 Å². The Morgan fingerprint density at radius 2 is 1.90 bits per heavy atom. The second-order valence-corrected chi connectivity index (χ2v) is 4.81. The van der Waals surface area contributed by atoms with Crippen LogP contribution in [0.25, 0.3) is 22.6 Å². The van der Waals surface area contributed by atoms with Crippen LogP contribution in [-0.2, 0) is 6.18 Å². The first kappa shape index (κ1) is 13.8. The summed E-state index contributed by atoms with van der Waals surface area (Å²) < 4.78 is 43.5. The van der Waals surface area contributed by atoms with Gasteiger partial charge >= 0.3 is 6.18 Å². The van der Waals surface area contributed by atoms with Gasteiger partial charge in [-0.3, -0.25) is 0 Å². The Labute approximate surface area is 122 Å². The molecule has 2 aromatic carbocycles. The summed E-state index contributed by atoms with van der Waals surface area (Å²) >= 11 is 6.04. The number of nitrogens with zero attached hydrogens (tertiary/aromatic N) is 1. The van der Waals surface area contributed by atoms with Gasteiger partial charge < -0.3 is 10.2 Å². The topological polar surface area (TPSA) is 52.0 Å². The van der Waals surface area contributed by atoms with E-state index in [0.29, 0.717) is 16.3 Å². The molecule has 3 aromatic rings. The Balaban J connectivity index is 2.18. The standard InChI is InChI=1S/C14H8ClF3N2O/c15-8-2-1-3-9(19)12(8)13-20-10-6-7(14(16,17)18)4-5-11(10)21-13/h1-6H,19H2. The van der Waals surface area contributed by atoms with E-state index in [4.69, 9.17) is 21.8 Å². The van der Waals surface area contributed by atoms with Crippen LogP contribution in [0.4, 0.5) is 18.9 Å². The lowest BCUT2D eigenvalue weighted by molar-refractivity contribution is -0.137. The summed E-state index contributed by atoms with van der Waals surface area (Å²) in [5.74, 6) is 0.0902. The molecule has 3 rings (SSSR count). The molecule has 21 heavy (non-hydrogen) atoms. The van der Waals surface area contributed by atoms with Crippen molar-refractivity contribution in [3.05, 3.63) is 47.0 Å². The average molecular weight is 313 g/mol. The fourth-order valence-electron chi connectivity index (χ4n) is 1.98. The number of benzene rings is 2. The van der Waals surface area contributed by atoms with Crippen LogP contribution in [0.15, 0.2) is 40.8 Å². The Kier molecular flexibility index (Phi) is 3.06. The SMILES string of the molecule is Nc1cccc(Cl)c1-c1nc2cc(C(F)(F)F)ccc2o1. The highest BCUT2D eigenvalue weighted by atomic mass is 35.5. The van der Waals surface area contributed by atoms with Crippen molar-refractivity contribution in [1.29, 1.82) is 0 Å². The molecule has 3 nitrogen and oxygen atoms in total. The van der Waals surface area contributed by atoms with Gasteiger partial charge in [0.2, 0.25) is 5.89 Å². The molecule has 2 N–H and O–H groups in total. The number of hydrogen-bond donors (Lipinski definition) is 1. The minimum absolute atomic E-state index is 0.0902. The van der Waals surface area contributed by atoms with Crippen LogP contribution >= 0.6 is 11.6 Å². The molecule has 1 aromatic heterocycles. The number of nitrogen functional groups attached to an aromatic ring is 1. The first-order chi connectivity index (χ1) is 9.86. The summed E-state index contributed by atoms with van der Waals surface area (Å²) in [7, 11) is 0. The van der Waals surface area contributed by atoms with E-state index in [0.717, 1.165) is 12.1 Å². The van der Waals surface area contributed by atoms with E-state index in [9.17, 15) is 13.2 Å². The van der Waals surface area contributed by atoms with Gasteiger partial charge in [0.05, 0.1) is 16.1 Å². The highest BCUT2D eigenvalue weighted by Gasteiger charge is 2.31. The molecule has 0 fully saturated rings. The van der Waals surface area contributed by atoms with Gasteiger partial charge in [-0.25, -0.2) is 4.98 Å². The highest BCUT2D eigenvalue weighted by molar-refractivity contribution is 6.33. The Bertz CT molecular complexity index is 806. The molecule has 0 aliphatic carbocycles. The Morgan fingerprint density at radius 3 is 2.57 bits per heavy atom. The summed E-state index contributed by atoms with van der Waals surface area (Å²) in [6.07, 6.45) is -4.43. The summed E-state index contributed by atoms with van der Waals surface area (Å²) in [4.78, 5) is 4.05. The lowest BCUT2D eigenvalue weighted by atomic mass is 10.2. The predicted octanol–water partition coefficient (Wildman–Crippen LogP) is 4.75. The van der Waals surface area contributed by atoms with E-state index in [2.05, 4.69) is 4.98 Å². The third-order valence-corrected chi connectivity index (χ3v) is 3.29. The van der Waals surface area contributed by atoms with E-state index >= 15 is 0 Å². The molecule has 0 bridgehead atoms. The third-order valence-electron chi connectivity index (χ3n) is 2.97. The van der Waals surface area contributed by atoms with Gasteiger partial charge in [0.15, 0.2) is 5.58 Å². The zero-order valence-corrected chi connectivity index (χ0v) is 11.2. The molecule has 0 amide bonds. The first-order valence-corrected chi connectivity index (χ1v) is 6.26. The molecule has 1 heterocycles. The van der Waals surface area contributed by atoms with Crippen LogP contribution in [0, 0.1) is 0 Å². The van der Waals surface area contributed by atoms with Gasteiger partial charge in [0.25, 0.3) is 0 Å². The summed E-state index contributed by atoms with van der Waals surface area (Å²) in [6, 6.07) is 7.95. The molecular weight excluding hydrogens is 305 g/mol. The molecule has 0 aliphatic heterocycles. The number of anilines is 1. The molecule has 0 unspecified atom stereocenters. The third kappa shape index (κ3) is 2.42. The highest BCUT2D eigenvalue weighted by Crippen LogP contribution is 2.36. The minimum Gasteiger partial charge on any atom is -0.436 e. The van der Waals surface area contributed by atoms with Crippen molar-refractivity contribution < 1.29 is 17.6 Å². The van der Waals surface area contributed by atoms with Gasteiger partial charge in [0, 0.05) is 5.69 Å². The molecular formula is C14H8ClF3N2O. The molecule has 0 radical (unpaired) electrons. The lowest BCUT2D eigenvalue weighted by Crippen LogP contribution is -2.03. The van der Waals surface area contributed by atoms with Crippen LogP contribution in [0.1, 0.15) is 5.56 Å². The fraction of sp³-hybridized carbons (Fsp3) is 0.0714. The van der Waals surface area contributed by atoms with Crippen LogP contribution in [-0.4, -0.2) is 4.98 Å². The number of hydrogen-bond acceptors (Lipinski definition) is 3. The molecule has 108 valence electrons. The maximum absolute atomic E-state index is 12.7. The normalized spacial score (nSPS) is 12.0. The van der Waals surface area contributed by atoms with Gasteiger partial charge in [-0.1, -0.05) is 17.7 Å². The van der Waals surface area contributed by atoms with E-state index in [1.165, 1.54) is 6.07 Å². The summed E-state index contributed by atoms with van der Waals surface area (Å²) in [5, 5.41) is 0.317. The first-order valence-electron chi connectivity index (χ1n) is 5.88. The maximum Gasteiger partial charge on any atom is 0.416 e. The number of aromatic nitrogens is 1. The Hall–Kier alpha value is -2.21. The number of fused-ring (bicyclic) bond motifs is 1. The smallest absolute Gasteiger partial charge is 0.416 e. The average Bonchev–Trinajstić information content (AvgIpc) is 2.79. The minimum atomic E-state index is -4.43. The van der Waals surface area contributed by atoms with Gasteiger partial charge in [-0.05, 0) is 30.3 Å². The monoisotopic (exact) mass is 312 g/mol. The van der Waals surface area contributed by atoms with Crippen LogP contribution < -0.4 is 5.73 Å². The van der Waals surface area contributed by atoms with Crippen LogP contribution in [0.5, 0.6) is 0 Å². The quantitative estimate of drug-likeness (QED) is 0.660. The Morgan fingerprint density at radius 1 is 1.14 bits per heavy atom. The predicted molar refractivity (Wildman–Crippen MR) is 73.9 cm³/mol. The molecule has 7 heteroatoms. The van der Waals surface area contributed by atoms with Gasteiger partial charge in [0.1, 0.15) is 5.52 Å². The van der Waals surface area contributed by atoms with Crippen molar-refractivity contribution in [3.8, 4) is 11.5 Å². The second kappa shape index (κ2) is 4.66. The summed E-state index contributed by atoms with van der Waals surface area (Å²) in [5.41, 5.74) is 6.05. The van der Waals surface area contributed by atoms with E-state index < -0.39 is 11.7 Å². The lowest BCUT2D eigenvalue weighted by Gasteiger charge is -2.04. The molecule has 0 saturated carbocycles. The van der Waals surface area contributed by atoms with E-state index in [1.54, 1.807) is 18.2 Å². The van der Waals surface area contributed by atoms with Gasteiger partial charge in [-0.15, -0.1) is 0 Å². The van der Waals surface area contributed by atoms with E-state index in [-0.39, 0.29) is 17.0 Å². The largest absolute Gasteiger partial charge is 0.436 e. The zero-order valence-electron chi connectivity index (χ0n) is 10.4. The number of nitrogens with two attached hydrogens (primary N) is 1. The number of alkyl halides is 3. The molecule has 0 atom stereocenters. The maximum atomic E-state index is 12.7. The molecule has 0 spiro atoms. The van der Waals surface area contributed by atoms with Crippen LogP contribution in [0.3, 0.4) is 0 Å². The van der Waals surface area contributed by atoms with Crippen molar-refractivity contribution in [2.45, 2.75) is 6.18 Å². The number of halogens is 4. The number of oxazole rings is 1. The van der Waals surface area contributed by atoms with E-state index in [1.807, 2.05) is 0 Å². The van der Waals surface area contributed by atoms with Crippen molar-refractivity contribution >= 4 is 28.4 Å². The second-order valence-electron chi connectivity index (χ2n) is 4.40. The van der Waals surface area contributed by atoms with Gasteiger partial charge in [-0.2, -0.15) is 13.2 Å². The fourth-order valence-corrected chi connectivity index (χ4v) is 2.24. The van der Waals surface area contributed by atoms with Crippen molar-refractivity contribution in [3.63, 3.8) is 0 Å². The summed E-state index contributed by atoms with van der Waals surface area (Å²) in [6.45, 7) is 0.